The van der Waals surface area contributed by atoms with Crippen molar-refractivity contribution in [2.75, 3.05) is 5.32 Å². The molecule has 2 amide bonds. The molecule has 218 valence electrons. The molecule has 0 bridgehead atoms. The topological polar surface area (TPSA) is 50.4 Å². The number of urea groups is 1. The van der Waals surface area contributed by atoms with E-state index in [4.69, 9.17) is 4.74 Å². The van der Waals surface area contributed by atoms with E-state index in [1.54, 1.807) is 5.57 Å². The van der Waals surface area contributed by atoms with E-state index in [2.05, 4.69) is 38.3 Å². The lowest BCUT2D eigenvalue weighted by Crippen LogP contribution is -2.51. The van der Waals surface area contributed by atoms with Crippen molar-refractivity contribution in [2.45, 2.75) is 122 Å². The molecule has 4 heteroatoms. The highest BCUT2D eigenvalue weighted by atomic mass is 16.5. The number of nitrogens with one attached hydrogen (secondary N) is 2. The molecule has 1 aromatic carbocycles. The quantitative estimate of drug-likeness (QED) is 0.366. The van der Waals surface area contributed by atoms with Crippen LogP contribution in [0.5, 0.6) is 0 Å². The number of hydrogen-bond acceptors (Lipinski definition) is 2. The Morgan fingerprint density at radius 2 is 1.75 bits per heavy atom. The number of fused-ring (bicyclic) bond motifs is 6. The number of hydrogen-bond donors (Lipinski definition) is 2. The van der Waals surface area contributed by atoms with E-state index in [9.17, 15) is 4.79 Å². The molecule has 2 N–H and O–H groups in total. The second-order valence-corrected chi connectivity index (χ2v) is 15.4. The SMILES string of the molecule is CC1=C2C[C@H]3[C@@H](CC[C@@H]4C[C@@H](NC(=O)Nc5ccccc5)CC[C@@]43C)[C@@H]2CC[C@@]2(C1)O[C@@H]1C[C@H](C)CC[C@H]1[C@H]2C. The summed E-state index contributed by atoms with van der Waals surface area (Å²) in [5, 5.41) is 6.35. The van der Waals surface area contributed by atoms with Crippen LogP contribution in [0.15, 0.2) is 41.5 Å². The van der Waals surface area contributed by atoms with Crippen LogP contribution in [0.4, 0.5) is 10.5 Å². The fraction of sp³-hybridized carbons (Fsp3) is 0.750. The van der Waals surface area contributed by atoms with E-state index in [1.807, 2.05) is 35.9 Å². The minimum atomic E-state index is -0.0519. The molecular weight excluding hydrogens is 492 g/mol. The molecule has 1 aliphatic heterocycles. The molecule has 5 aliphatic carbocycles. The molecule has 0 unspecified atom stereocenters. The molecule has 0 radical (unpaired) electrons. The van der Waals surface area contributed by atoms with Gasteiger partial charge in [0.15, 0.2) is 0 Å². The Hall–Kier alpha value is -1.81. The van der Waals surface area contributed by atoms with Crippen LogP contribution >= 0.6 is 0 Å². The van der Waals surface area contributed by atoms with Crippen LogP contribution in [0, 0.1) is 46.8 Å². The standard InChI is InChI=1S/C36H52N2O2/c1-22-10-12-28-24(3)36(40-33(28)18-22)17-15-29-30-13-11-25-19-27(38-34(39)37-26-8-6-5-7-9-26)14-16-35(25,4)32(30)20-31(29)23(2)21-36/h5-9,22,24-25,27-30,32-33H,10-21H2,1-4H3,(H2,37,38,39)/t22-,24-,25-,27+,28+,29+,30+,32+,33-,35+,36+/m1/s1. The number of rotatable bonds is 2. The van der Waals surface area contributed by atoms with Crippen LogP contribution in [0.25, 0.3) is 0 Å². The summed E-state index contributed by atoms with van der Waals surface area (Å²) in [6.45, 7) is 10.1. The summed E-state index contributed by atoms with van der Waals surface area (Å²) in [5.74, 6) is 5.49. The number of para-hydroxylation sites is 1. The minimum absolute atomic E-state index is 0.0519. The van der Waals surface area contributed by atoms with E-state index < -0.39 is 0 Å². The number of benzene rings is 1. The van der Waals surface area contributed by atoms with Gasteiger partial charge < -0.3 is 15.4 Å². The third-order valence-corrected chi connectivity index (χ3v) is 13.5. The van der Waals surface area contributed by atoms with Gasteiger partial charge >= 0.3 is 6.03 Å². The molecule has 7 rings (SSSR count). The largest absolute Gasteiger partial charge is 0.371 e. The van der Waals surface area contributed by atoms with Gasteiger partial charge in [0.1, 0.15) is 0 Å². The fourth-order valence-electron chi connectivity index (χ4n) is 11.2. The predicted octanol–water partition coefficient (Wildman–Crippen LogP) is 8.74. The summed E-state index contributed by atoms with van der Waals surface area (Å²) in [6.07, 6.45) is 15.9. The lowest BCUT2D eigenvalue weighted by molar-refractivity contribution is -0.0762. The number of allylic oxidation sites excluding steroid dienone is 1. The third kappa shape index (κ3) is 4.46. The van der Waals surface area contributed by atoms with E-state index in [-0.39, 0.29) is 11.6 Å². The van der Waals surface area contributed by atoms with Crippen molar-refractivity contribution in [1.82, 2.24) is 5.32 Å². The summed E-state index contributed by atoms with van der Waals surface area (Å²) in [5.41, 5.74) is 4.92. The van der Waals surface area contributed by atoms with Crippen LogP contribution < -0.4 is 10.6 Å². The van der Waals surface area contributed by atoms with Gasteiger partial charge in [-0.2, -0.15) is 0 Å². The maximum absolute atomic E-state index is 12.7. The summed E-state index contributed by atoms with van der Waals surface area (Å²) in [6, 6.07) is 10.0. The molecule has 40 heavy (non-hydrogen) atoms. The van der Waals surface area contributed by atoms with Crippen LogP contribution in [0.2, 0.25) is 0 Å². The van der Waals surface area contributed by atoms with Gasteiger partial charge in [0.05, 0.1) is 11.7 Å². The summed E-state index contributed by atoms with van der Waals surface area (Å²) >= 11 is 0. The first-order chi connectivity index (χ1) is 19.3. The summed E-state index contributed by atoms with van der Waals surface area (Å²) in [4.78, 5) is 12.7. The zero-order chi connectivity index (χ0) is 27.6. The van der Waals surface area contributed by atoms with E-state index in [1.165, 1.54) is 64.2 Å². The Labute approximate surface area is 242 Å². The first-order valence-electron chi connectivity index (χ1n) is 16.7. The second-order valence-electron chi connectivity index (χ2n) is 15.4. The Morgan fingerprint density at radius 3 is 2.58 bits per heavy atom. The minimum Gasteiger partial charge on any atom is -0.371 e. The van der Waals surface area contributed by atoms with Gasteiger partial charge in [-0.25, -0.2) is 4.79 Å². The van der Waals surface area contributed by atoms with Gasteiger partial charge in [-0.3, -0.25) is 0 Å². The summed E-state index contributed by atoms with van der Waals surface area (Å²) < 4.78 is 7.14. The Morgan fingerprint density at radius 1 is 0.950 bits per heavy atom. The zero-order valence-corrected chi connectivity index (χ0v) is 25.4. The van der Waals surface area contributed by atoms with Crippen molar-refractivity contribution < 1.29 is 9.53 Å². The maximum atomic E-state index is 12.7. The number of amides is 2. The normalized spacial score (nSPS) is 46.1. The van der Waals surface area contributed by atoms with Gasteiger partial charge in [0.25, 0.3) is 0 Å². The van der Waals surface area contributed by atoms with Crippen LogP contribution in [0.1, 0.15) is 105 Å². The predicted molar refractivity (Wildman–Crippen MR) is 162 cm³/mol. The van der Waals surface area contributed by atoms with Crippen molar-refractivity contribution in [3.63, 3.8) is 0 Å². The molecule has 4 saturated carbocycles. The average Bonchev–Trinajstić information content (AvgIpc) is 3.39. The molecule has 1 saturated heterocycles. The number of carbonyl (C=O) groups excluding carboxylic acids is 1. The van der Waals surface area contributed by atoms with Gasteiger partial charge in [-0.05, 0) is 137 Å². The Bertz CT molecular complexity index is 1150. The lowest BCUT2D eigenvalue weighted by atomic mass is 9.52. The molecular formula is C36H52N2O2. The maximum Gasteiger partial charge on any atom is 0.319 e. The van der Waals surface area contributed by atoms with Gasteiger partial charge in [0, 0.05) is 11.7 Å². The van der Waals surface area contributed by atoms with Crippen molar-refractivity contribution in [3.05, 3.63) is 41.5 Å². The highest BCUT2D eigenvalue weighted by Crippen LogP contribution is 2.65. The third-order valence-electron chi connectivity index (χ3n) is 13.5. The highest BCUT2D eigenvalue weighted by molar-refractivity contribution is 5.89. The lowest BCUT2D eigenvalue weighted by Gasteiger charge is -2.54. The number of ether oxygens (including phenoxy) is 1. The van der Waals surface area contributed by atoms with Crippen molar-refractivity contribution in [3.8, 4) is 0 Å². The highest BCUT2D eigenvalue weighted by Gasteiger charge is 2.59. The second kappa shape index (κ2) is 10.2. The molecule has 0 aromatic heterocycles. The molecule has 6 aliphatic rings. The Balaban J connectivity index is 1.04. The smallest absolute Gasteiger partial charge is 0.319 e. The molecule has 1 spiro atoms. The van der Waals surface area contributed by atoms with Gasteiger partial charge in [0.2, 0.25) is 0 Å². The van der Waals surface area contributed by atoms with Crippen LogP contribution in [-0.2, 0) is 4.74 Å². The summed E-state index contributed by atoms with van der Waals surface area (Å²) in [7, 11) is 0. The van der Waals surface area contributed by atoms with Gasteiger partial charge in [-0.15, -0.1) is 0 Å². The van der Waals surface area contributed by atoms with Crippen molar-refractivity contribution >= 4 is 11.7 Å². The number of carbonyl (C=O) groups is 1. The fourth-order valence-corrected chi connectivity index (χ4v) is 11.2. The van der Waals surface area contributed by atoms with E-state index in [0.29, 0.717) is 23.5 Å². The van der Waals surface area contributed by atoms with E-state index in [0.717, 1.165) is 54.0 Å². The van der Waals surface area contributed by atoms with Crippen molar-refractivity contribution in [2.24, 2.45) is 46.8 Å². The molecule has 4 nitrogen and oxygen atoms in total. The van der Waals surface area contributed by atoms with Crippen LogP contribution in [0.3, 0.4) is 0 Å². The Kier molecular flexibility index (Phi) is 6.88. The van der Waals surface area contributed by atoms with E-state index >= 15 is 0 Å². The average molecular weight is 545 g/mol. The monoisotopic (exact) mass is 544 g/mol. The number of anilines is 1. The molecule has 11 atom stereocenters. The molecule has 1 heterocycles. The molecule has 1 aromatic rings. The molecule has 5 fully saturated rings. The first kappa shape index (κ1) is 27.0. The first-order valence-corrected chi connectivity index (χ1v) is 16.7. The van der Waals surface area contributed by atoms with Gasteiger partial charge in [-0.1, -0.05) is 56.5 Å². The van der Waals surface area contributed by atoms with Crippen LogP contribution in [-0.4, -0.2) is 23.8 Å². The zero-order valence-electron chi connectivity index (χ0n) is 25.4. The van der Waals surface area contributed by atoms with Crippen molar-refractivity contribution in [1.29, 1.82) is 0 Å².